The molecule has 5 heteroatoms. The molecule has 3 aromatic carbocycles. The van der Waals surface area contributed by atoms with E-state index in [1.807, 2.05) is 49.4 Å². The third-order valence-electron chi connectivity index (χ3n) is 4.68. The number of ether oxygens (including phenoxy) is 1. The molecule has 142 valence electrons. The smallest absolute Gasteiger partial charge is 0.229 e. The molecule has 0 amide bonds. The Labute approximate surface area is 165 Å². The summed E-state index contributed by atoms with van der Waals surface area (Å²) in [5.41, 5.74) is 6.87. The Morgan fingerprint density at radius 2 is 1.71 bits per heavy atom. The number of hydrogen-bond donors (Lipinski definition) is 1. The molecule has 0 unspecified atom stereocenters. The molecule has 0 atom stereocenters. The quantitative estimate of drug-likeness (QED) is 0.694. The zero-order valence-corrected chi connectivity index (χ0v) is 16.6. The highest BCUT2D eigenvalue weighted by Gasteiger charge is 2.20. The van der Waals surface area contributed by atoms with Crippen LogP contribution in [0, 0.1) is 6.92 Å². The van der Waals surface area contributed by atoms with Crippen LogP contribution in [-0.2, 0) is 16.6 Å². The van der Waals surface area contributed by atoms with Gasteiger partial charge in [0.25, 0.3) is 0 Å². The van der Waals surface area contributed by atoms with Crippen LogP contribution < -0.4 is 9.46 Å². The molecule has 0 fully saturated rings. The maximum absolute atomic E-state index is 11.6. The lowest BCUT2D eigenvalue weighted by Crippen LogP contribution is -2.09. The standard InChI is InChI=1S/C23H21NO3S/c1-16-7-5-12-21-22(20-11-4-3-9-18(20)15-27-23(16)21)14-17-8-6-10-19(13-17)24-28(2,25)26/h3-14,24H,15H2,1-2H3/b22-14-. The van der Waals surface area contributed by atoms with Crippen LogP contribution in [0.25, 0.3) is 11.6 Å². The normalized spacial score (nSPS) is 14.6. The fraction of sp³-hybridized carbons (Fsp3) is 0.130. The fourth-order valence-corrected chi connectivity index (χ4v) is 4.04. The van der Waals surface area contributed by atoms with Crippen LogP contribution in [-0.4, -0.2) is 14.7 Å². The van der Waals surface area contributed by atoms with Crippen molar-refractivity contribution in [1.29, 1.82) is 0 Å². The highest BCUT2D eigenvalue weighted by Crippen LogP contribution is 2.39. The third-order valence-corrected chi connectivity index (χ3v) is 5.29. The summed E-state index contributed by atoms with van der Waals surface area (Å²) in [6, 6.07) is 21.7. The van der Waals surface area contributed by atoms with Crippen LogP contribution in [0.1, 0.15) is 27.8 Å². The van der Waals surface area contributed by atoms with Gasteiger partial charge in [-0.2, -0.15) is 0 Å². The molecule has 0 aliphatic carbocycles. The van der Waals surface area contributed by atoms with Gasteiger partial charge in [-0.15, -0.1) is 0 Å². The van der Waals surface area contributed by atoms with E-state index in [0.29, 0.717) is 12.3 Å². The van der Waals surface area contributed by atoms with Crippen molar-refractivity contribution in [2.75, 3.05) is 11.0 Å². The van der Waals surface area contributed by atoms with E-state index in [1.165, 1.54) is 0 Å². The Hall–Kier alpha value is -3.05. The second-order valence-electron chi connectivity index (χ2n) is 6.96. The molecule has 28 heavy (non-hydrogen) atoms. The van der Waals surface area contributed by atoms with Gasteiger partial charge in [0.05, 0.1) is 6.26 Å². The monoisotopic (exact) mass is 391 g/mol. The number of aryl methyl sites for hydroxylation is 1. The molecule has 3 aromatic rings. The van der Waals surface area contributed by atoms with Crippen molar-refractivity contribution in [3.05, 3.63) is 94.5 Å². The number of fused-ring (bicyclic) bond motifs is 2. The van der Waals surface area contributed by atoms with Crippen molar-refractivity contribution in [2.45, 2.75) is 13.5 Å². The van der Waals surface area contributed by atoms with Gasteiger partial charge in [-0.3, -0.25) is 4.72 Å². The van der Waals surface area contributed by atoms with Gasteiger partial charge in [0, 0.05) is 11.3 Å². The summed E-state index contributed by atoms with van der Waals surface area (Å²) in [5.74, 6) is 0.885. The lowest BCUT2D eigenvalue weighted by atomic mass is 9.92. The Kier molecular flexibility index (Phi) is 4.69. The Bertz CT molecular complexity index is 1180. The van der Waals surface area contributed by atoms with Crippen molar-refractivity contribution in [1.82, 2.24) is 0 Å². The van der Waals surface area contributed by atoms with Gasteiger partial charge in [-0.25, -0.2) is 8.42 Å². The zero-order valence-electron chi connectivity index (χ0n) is 15.8. The van der Waals surface area contributed by atoms with Crippen LogP contribution in [0.3, 0.4) is 0 Å². The first kappa shape index (κ1) is 18.3. The summed E-state index contributed by atoms with van der Waals surface area (Å²) < 4.78 is 31.8. The van der Waals surface area contributed by atoms with Crippen LogP contribution in [0.4, 0.5) is 5.69 Å². The SMILES string of the molecule is Cc1cccc2c1OCc1ccccc1/C2=C/c1cccc(NS(C)(=O)=O)c1. The van der Waals surface area contributed by atoms with Crippen LogP contribution in [0.2, 0.25) is 0 Å². The number of anilines is 1. The number of sulfonamides is 1. The molecule has 0 spiro atoms. The first-order valence-electron chi connectivity index (χ1n) is 9.01. The molecule has 0 saturated heterocycles. The maximum Gasteiger partial charge on any atom is 0.229 e. The van der Waals surface area contributed by atoms with E-state index >= 15 is 0 Å². The van der Waals surface area contributed by atoms with Crippen molar-refractivity contribution < 1.29 is 13.2 Å². The summed E-state index contributed by atoms with van der Waals surface area (Å²) in [7, 11) is -3.33. The molecule has 0 saturated carbocycles. The molecule has 1 aliphatic heterocycles. The summed E-state index contributed by atoms with van der Waals surface area (Å²) in [6.45, 7) is 2.56. The second-order valence-corrected chi connectivity index (χ2v) is 8.70. The summed E-state index contributed by atoms with van der Waals surface area (Å²) in [5, 5.41) is 0. The molecular weight excluding hydrogens is 370 g/mol. The van der Waals surface area contributed by atoms with E-state index in [-0.39, 0.29) is 0 Å². The minimum atomic E-state index is -3.33. The molecule has 1 aliphatic rings. The summed E-state index contributed by atoms with van der Waals surface area (Å²) in [6.07, 6.45) is 3.23. The highest BCUT2D eigenvalue weighted by molar-refractivity contribution is 7.92. The number of hydrogen-bond acceptors (Lipinski definition) is 3. The third kappa shape index (κ3) is 3.80. The molecule has 0 aromatic heterocycles. The average molecular weight is 391 g/mol. The predicted molar refractivity (Wildman–Crippen MR) is 114 cm³/mol. The van der Waals surface area contributed by atoms with Crippen molar-refractivity contribution >= 4 is 27.4 Å². The topological polar surface area (TPSA) is 55.4 Å². The Balaban J connectivity index is 1.89. The summed E-state index contributed by atoms with van der Waals surface area (Å²) in [4.78, 5) is 0. The van der Waals surface area contributed by atoms with Gasteiger partial charge in [0.15, 0.2) is 0 Å². The molecule has 0 radical (unpaired) electrons. The molecule has 1 heterocycles. The van der Waals surface area contributed by atoms with E-state index in [9.17, 15) is 8.42 Å². The van der Waals surface area contributed by atoms with E-state index < -0.39 is 10.0 Å². The van der Waals surface area contributed by atoms with E-state index in [1.54, 1.807) is 6.07 Å². The zero-order chi connectivity index (χ0) is 19.7. The molecular formula is C23H21NO3S. The highest BCUT2D eigenvalue weighted by atomic mass is 32.2. The van der Waals surface area contributed by atoms with Crippen molar-refractivity contribution in [3.63, 3.8) is 0 Å². The minimum Gasteiger partial charge on any atom is -0.488 e. The first-order valence-corrected chi connectivity index (χ1v) is 10.9. The molecule has 4 rings (SSSR count). The lowest BCUT2D eigenvalue weighted by Gasteiger charge is -2.13. The van der Waals surface area contributed by atoms with Crippen molar-refractivity contribution in [3.8, 4) is 5.75 Å². The molecule has 0 bridgehead atoms. The largest absolute Gasteiger partial charge is 0.488 e. The number of nitrogens with one attached hydrogen (secondary N) is 1. The average Bonchev–Trinajstić information content (AvgIpc) is 2.79. The molecule has 4 nitrogen and oxygen atoms in total. The predicted octanol–water partition coefficient (Wildman–Crippen LogP) is 4.85. The van der Waals surface area contributed by atoms with Gasteiger partial charge in [-0.05, 0) is 53.0 Å². The van der Waals surface area contributed by atoms with E-state index in [0.717, 1.165) is 45.4 Å². The van der Waals surface area contributed by atoms with E-state index in [4.69, 9.17) is 4.74 Å². The number of para-hydroxylation sites is 1. The maximum atomic E-state index is 11.6. The van der Waals surface area contributed by atoms with Crippen LogP contribution in [0.5, 0.6) is 5.75 Å². The Morgan fingerprint density at radius 1 is 0.964 bits per heavy atom. The van der Waals surface area contributed by atoms with Gasteiger partial charge >= 0.3 is 0 Å². The van der Waals surface area contributed by atoms with Crippen molar-refractivity contribution in [2.24, 2.45) is 0 Å². The van der Waals surface area contributed by atoms with Gasteiger partial charge in [-0.1, -0.05) is 54.6 Å². The van der Waals surface area contributed by atoms with E-state index in [2.05, 4.69) is 29.0 Å². The first-order chi connectivity index (χ1) is 13.4. The number of benzene rings is 3. The van der Waals surface area contributed by atoms with Gasteiger partial charge in [0.1, 0.15) is 12.4 Å². The number of rotatable bonds is 3. The second kappa shape index (κ2) is 7.17. The Morgan fingerprint density at radius 3 is 2.54 bits per heavy atom. The van der Waals surface area contributed by atoms with Gasteiger partial charge < -0.3 is 4.74 Å². The lowest BCUT2D eigenvalue weighted by molar-refractivity contribution is 0.305. The molecule has 1 N–H and O–H groups in total. The fourth-order valence-electron chi connectivity index (χ4n) is 3.49. The van der Waals surface area contributed by atoms with Crippen LogP contribution in [0.15, 0.2) is 66.7 Å². The minimum absolute atomic E-state index is 0.515. The van der Waals surface area contributed by atoms with Crippen LogP contribution >= 0.6 is 0 Å². The summed E-state index contributed by atoms with van der Waals surface area (Å²) >= 11 is 0. The van der Waals surface area contributed by atoms with Gasteiger partial charge in [0.2, 0.25) is 10.0 Å².